The van der Waals surface area contributed by atoms with Crippen molar-refractivity contribution >= 4 is 5.71 Å². The number of nitrogens with zero attached hydrogens (tertiary/aromatic N) is 2. The smallest absolute Gasteiger partial charge is 0.305 e. The van der Waals surface area contributed by atoms with E-state index in [1.165, 1.54) is 7.05 Å². The molecule has 84 valence electrons. The second-order valence-electron chi connectivity index (χ2n) is 2.82. The van der Waals surface area contributed by atoms with E-state index in [0.717, 1.165) is 6.20 Å². The summed E-state index contributed by atoms with van der Waals surface area (Å²) in [5.74, 6) is -0.437. The SMILES string of the molecule is C=CCC(CO)C(=NC)C(=CN)[N+](=O)[O-]. The summed E-state index contributed by atoms with van der Waals surface area (Å²) >= 11 is 0. The van der Waals surface area contributed by atoms with Crippen molar-refractivity contribution in [3.8, 4) is 0 Å². The molecular weight excluding hydrogens is 198 g/mol. The van der Waals surface area contributed by atoms with Gasteiger partial charge in [0, 0.05) is 13.0 Å². The zero-order valence-corrected chi connectivity index (χ0v) is 8.59. The first-order valence-electron chi connectivity index (χ1n) is 4.37. The molecule has 0 heterocycles. The number of rotatable bonds is 6. The van der Waals surface area contributed by atoms with Crippen molar-refractivity contribution < 1.29 is 10.0 Å². The highest BCUT2D eigenvalue weighted by molar-refractivity contribution is 5.99. The molecule has 1 unspecified atom stereocenters. The molecule has 0 aromatic rings. The number of hydrogen-bond donors (Lipinski definition) is 2. The van der Waals surface area contributed by atoms with Gasteiger partial charge in [-0.15, -0.1) is 6.58 Å². The molecule has 0 radical (unpaired) electrons. The molecule has 3 N–H and O–H groups in total. The Morgan fingerprint density at radius 2 is 2.40 bits per heavy atom. The van der Waals surface area contributed by atoms with Crippen molar-refractivity contribution in [2.75, 3.05) is 13.7 Å². The predicted molar refractivity (Wildman–Crippen MR) is 58.0 cm³/mol. The second kappa shape index (κ2) is 6.72. The van der Waals surface area contributed by atoms with E-state index in [9.17, 15) is 10.1 Å². The third kappa shape index (κ3) is 3.51. The maximum atomic E-state index is 10.6. The highest BCUT2D eigenvalue weighted by Gasteiger charge is 2.25. The third-order valence-electron chi connectivity index (χ3n) is 1.92. The minimum Gasteiger partial charge on any atom is -0.399 e. The first-order chi connectivity index (χ1) is 7.12. The number of hydrogen-bond acceptors (Lipinski definition) is 5. The number of aliphatic imine (C=N–C) groups is 1. The van der Waals surface area contributed by atoms with Gasteiger partial charge >= 0.3 is 5.70 Å². The van der Waals surface area contributed by atoms with Gasteiger partial charge in [-0.05, 0) is 6.42 Å². The Balaban J connectivity index is 5.04. The molecule has 0 saturated heterocycles. The van der Waals surface area contributed by atoms with Crippen LogP contribution in [0.2, 0.25) is 0 Å². The van der Waals surface area contributed by atoms with E-state index in [1.807, 2.05) is 0 Å². The molecule has 0 aliphatic heterocycles. The highest BCUT2D eigenvalue weighted by Crippen LogP contribution is 2.13. The lowest BCUT2D eigenvalue weighted by atomic mass is 9.98. The fourth-order valence-electron chi connectivity index (χ4n) is 1.22. The zero-order valence-electron chi connectivity index (χ0n) is 8.59. The molecule has 6 nitrogen and oxygen atoms in total. The van der Waals surface area contributed by atoms with E-state index in [-0.39, 0.29) is 18.0 Å². The number of nitrogens with two attached hydrogens (primary N) is 1. The zero-order chi connectivity index (χ0) is 11.8. The molecule has 0 aliphatic carbocycles. The van der Waals surface area contributed by atoms with Crippen molar-refractivity contribution in [3.05, 3.63) is 34.7 Å². The van der Waals surface area contributed by atoms with Gasteiger partial charge in [0.15, 0.2) is 0 Å². The van der Waals surface area contributed by atoms with Crippen LogP contribution in [0.3, 0.4) is 0 Å². The number of aliphatic hydroxyl groups excluding tert-OH is 1. The van der Waals surface area contributed by atoms with E-state index in [4.69, 9.17) is 10.8 Å². The fourth-order valence-corrected chi connectivity index (χ4v) is 1.22. The monoisotopic (exact) mass is 213 g/mol. The van der Waals surface area contributed by atoms with Crippen LogP contribution in [-0.2, 0) is 0 Å². The molecule has 0 aliphatic rings. The van der Waals surface area contributed by atoms with Crippen LogP contribution in [0.25, 0.3) is 0 Å². The summed E-state index contributed by atoms with van der Waals surface area (Å²) in [6.07, 6.45) is 2.86. The number of nitro groups is 1. The maximum Gasteiger partial charge on any atom is 0.305 e. The van der Waals surface area contributed by atoms with Gasteiger partial charge in [-0.2, -0.15) is 0 Å². The van der Waals surface area contributed by atoms with E-state index in [2.05, 4.69) is 11.6 Å². The van der Waals surface area contributed by atoms with Crippen LogP contribution >= 0.6 is 0 Å². The van der Waals surface area contributed by atoms with E-state index in [1.54, 1.807) is 6.08 Å². The van der Waals surface area contributed by atoms with Crippen LogP contribution < -0.4 is 5.73 Å². The van der Waals surface area contributed by atoms with Gasteiger partial charge in [0.2, 0.25) is 0 Å². The Kier molecular flexibility index (Phi) is 5.96. The standard InChI is InChI=1S/C9H15N3O3/c1-3-4-7(6-13)9(11-2)8(5-10)12(14)15/h3,5,7,13H,1,4,6,10H2,2H3. The lowest BCUT2D eigenvalue weighted by Gasteiger charge is -2.12. The number of allylic oxidation sites excluding steroid dienone is 2. The minimum absolute atomic E-state index is 0.185. The molecule has 6 heteroatoms. The summed E-state index contributed by atoms with van der Waals surface area (Å²) in [7, 11) is 1.42. The fraction of sp³-hybridized carbons (Fsp3) is 0.444. The Morgan fingerprint density at radius 3 is 2.67 bits per heavy atom. The van der Waals surface area contributed by atoms with Crippen molar-refractivity contribution in [1.29, 1.82) is 0 Å². The topological polar surface area (TPSA) is 102 Å². The van der Waals surface area contributed by atoms with E-state index >= 15 is 0 Å². The Hall–Kier alpha value is -1.69. The average molecular weight is 213 g/mol. The largest absolute Gasteiger partial charge is 0.399 e. The van der Waals surface area contributed by atoms with Crippen LogP contribution in [0.15, 0.2) is 29.5 Å². The minimum atomic E-state index is -0.617. The van der Waals surface area contributed by atoms with Crippen LogP contribution in [0.5, 0.6) is 0 Å². The van der Waals surface area contributed by atoms with Gasteiger partial charge in [-0.1, -0.05) is 6.08 Å². The summed E-state index contributed by atoms with van der Waals surface area (Å²) in [5, 5.41) is 19.7. The van der Waals surface area contributed by atoms with Gasteiger partial charge in [0.05, 0.1) is 17.7 Å². The van der Waals surface area contributed by atoms with E-state index in [0.29, 0.717) is 6.42 Å². The van der Waals surface area contributed by atoms with Gasteiger partial charge in [-0.25, -0.2) is 0 Å². The molecule has 0 amide bonds. The Morgan fingerprint density at radius 1 is 1.80 bits per heavy atom. The summed E-state index contributed by atoms with van der Waals surface area (Å²) < 4.78 is 0. The summed E-state index contributed by atoms with van der Waals surface area (Å²) in [4.78, 5) is 13.8. The molecule has 0 fully saturated rings. The first-order valence-corrected chi connectivity index (χ1v) is 4.37. The Labute approximate surface area is 88.0 Å². The molecule has 0 spiro atoms. The summed E-state index contributed by atoms with van der Waals surface area (Å²) in [6, 6.07) is 0. The lowest BCUT2D eigenvalue weighted by Crippen LogP contribution is -2.24. The molecule has 0 bridgehead atoms. The van der Waals surface area contributed by atoms with Gasteiger partial charge < -0.3 is 10.8 Å². The summed E-state index contributed by atoms with van der Waals surface area (Å²) in [5.41, 5.74) is 5.05. The molecule has 0 saturated carbocycles. The summed E-state index contributed by atoms with van der Waals surface area (Å²) in [6.45, 7) is 3.28. The first kappa shape index (κ1) is 13.3. The highest BCUT2D eigenvalue weighted by atomic mass is 16.6. The molecule has 0 aromatic heterocycles. The second-order valence-corrected chi connectivity index (χ2v) is 2.82. The van der Waals surface area contributed by atoms with Crippen molar-refractivity contribution in [3.63, 3.8) is 0 Å². The van der Waals surface area contributed by atoms with Gasteiger partial charge in [0.1, 0.15) is 5.71 Å². The maximum absolute atomic E-state index is 10.6. The molecule has 1 atom stereocenters. The molecule has 0 rings (SSSR count). The normalized spacial score (nSPS) is 14.8. The van der Waals surface area contributed by atoms with Crippen molar-refractivity contribution in [2.24, 2.45) is 16.6 Å². The van der Waals surface area contributed by atoms with Gasteiger partial charge in [0.25, 0.3) is 0 Å². The van der Waals surface area contributed by atoms with Crippen molar-refractivity contribution in [1.82, 2.24) is 0 Å². The predicted octanol–water partition coefficient (Wildman–Crippen LogP) is 0.319. The van der Waals surface area contributed by atoms with Crippen molar-refractivity contribution in [2.45, 2.75) is 6.42 Å². The van der Waals surface area contributed by atoms with Gasteiger partial charge in [-0.3, -0.25) is 15.1 Å². The van der Waals surface area contributed by atoms with Crippen LogP contribution in [0, 0.1) is 16.0 Å². The van der Waals surface area contributed by atoms with Crippen LogP contribution in [0.1, 0.15) is 6.42 Å². The third-order valence-corrected chi connectivity index (χ3v) is 1.92. The van der Waals surface area contributed by atoms with Crippen LogP contribution in [0.4, 0.5) is 0 Å². The Bertz CT molecular complexity index is 297. The quantitative estimate of drug-likeness (QED) is 0.287. The lowest BCUT2D eigenvalue weighted by molar-refractivity contribution is -0.415. The average Bonchev–Trinajstić information content (AvgIpc) is 2.22. The molecule has 0 aromatic carbocycles. The van der Waals surface area contributed by atoms with Crippen LogP contribution in [-0.4, -0.2) is 29.4 Å². The number of aliphatic hydroxyl groups is 1. The van der Waals surface area contributed by atoms with E-state index < -0.39 is 10.8 Å². The molecule has 15 heavy (non-hydrogen) atoms. The molecular formula is C9H15N3O3.